The van der Waals surface area contributed by atoms with Crippen molar-refractivity contribution < 1.29 is 14.3 Å². The first-order valence-electron chi connectivity index (χ1n) is 9.99. The molecule has 8 nitrogen and oxygen atoms in total. The van der Waals surface area contributed by atoms with Crippen LogP contribution in [0.5, 0.6) is 5.75 Å². The van der Waals surface area contributed by atoms with E-state index in [1.807, 2.05) is 6.07 Å². The normalized spacial score (nSPS) is 19.0. The van der Waals surface area contributed by atoms with Crippen molar-refractivity contribution in [2.24, 2.45) is 11.7 Å². The van der Waals surface area contributed by atoms with Gasteiger partial charge < -0.3 is 15.4 Å². The first kappa shape index (κ1) is 19.8. The number of primary amides is 1. The van der Waals surface area contributed by atoms with Crippen LogP contribution >= 0.6 is 11.8 Å². The third-order valence-corrected chi connectivity index (χ3v) is 6.32. The number of nitrogens with one attached hydrogen (secondary N) is 1. The van der Waals surface area contributed by atoms with E-state index in [0.717, 1.165) is 24.6 Å². The lowest BCUT2D eigenvalue weighted by Crippen LogP contribution is -2.49. The second-order valence-electron chi connectivity index (χ2n) is 7.52. The Morgan fingerprint density at radius 1 is 1.28 bits per heavy atom. The van der Waals surface area contributed by atoms with Crippen molar-refractivity contribution in [1.29, 1.82) is 0 Å². The van der Waals surface area contributed by atoms with E-state index in [2.05, 4.69) is 15.2 Å². The number of aromatic amines is 1. The minimum Gasteiger partial charge on any atom is -0.477 e. The van der Waals surface area contributed by atoms with Crippen molar-refractivity contribution in [3.05, 3.63) is 30.1 Å². The zero-order valence-electron chi connectivity index (χ0n) is 16.2. The van der Waals surface area contributed by atoms with Crippen molar-refractivity contribution in [3.63, 3.8) is 0 Å². The molecule has 9 heteroatoms. The van der Waals surface area contributed by atoms with Crippen molar-refractivity contribution in [1.82, 2.24) is 15.2 Å². The van der Waals surface area contributed by atoms with Gasteiger partial charge in [-0.05, 0) is 24.5 Å². The summed E-state index contributed by atoms with van der Waals surface area (Å²) in [5.74, 6) is 1.59. The number of carbonyl (C=O) groups is 2. The summed E-state index contributed by atoms with van der Waals surface area (Å²) in [6.45, 7) is 0.104. The highest BCUT2D eigenvalue weighted by molar-refractivity contribution is 7.99. The Hall–Kier alpha value is -2.55. The van der Waals surface area contributed by atoms with Gasteiger partial charge in [0.25, 0.3) is 5.91 Å². The smallest absolute Gasteiger partial charge is 0.260 e. The molecule has 2 aromatic rings. The maximum atomic E-state index is 12.8. The van der Waals surface area contributed by atoms with E-state index in [0.29, 0.717) is 16.6 Å². The Bertz CT molecular complexity index is 881. The SMILES string of the molecule is NC(=O)C1CN(C(=O)CSc2n[nH]c(CCC3CCCC3)n2)c2ccccc2O1. The van der Waals surface area contributed by atoms with E-state index >= 15 is 0 Å². The number of benzene rings is 1. The number of ether oxygens (including phenoxy) is 1. The fraction of sp³-hybridized carbons (Fsp3) is 0.500. The molecule has 4 rings (SSSR count). The molecule has 1 aromatic carbocycles. The number of nitrogens with two attached hydrogens (primary N) is 1. The van der Waals surface area contributed by atoms with Gasteiger partial charge in [0, 0.05) is 6.42 Å². The molecule has 1 unspecified atom stereocenters. The molecule has 1 fully saturated rings. The van der Waals surface area contributed by atoms with Crippen LogP contribution in [-0.2, 0) is 16.0 Å². The van der Waals surface area contributed by atoms with Gasteiger partial charge in [0.1, 0.15) is 11.6 Å². The molecule has 3 N–H and O–H groups in total. The van der Waals surface area contributed by atoms with Gasteiger partial charge >= 0.3 is 0 Å². The van der Waals surface area contributed by atoms with E-state index in [4.69, 9.17) is 10.5 Å². The van der Waals surface area contributed by atoms with E-state index in [1.165, 1.54) is 37.4 Å². The van der Waals surface area contributed by atoms with Crippen LogP contribution < -0.4 is 15.4 Å². The van der Waals surface area contributed by atoms with Gasteiger partial charge in [0.2, 0.25) is 11.1 Å². The lowest BCUT2D eigenvalue weighted by atomic mass is 10.0. The molecular formula is C20H25N5O3S. The molecule has 2 heterocycles. The second kappa shape index (κ2) is 8.86. The van der Waals surface area contributed by atoms with Gasteiger partial charge in [0.05, 0.1) is 18.0 Å². The molecule has 1 atom stereocenters. The number of hydrogen-bond donors (Lipinski definition) is 2. The van der Waals surface area contributed by atoms with E-state index < -0.39 is 12.0 Å². The van der Waals surface area contributed by atoms with E-state index in [9.17, 15) is 9.59 Å². The summed E-state index contributed by atoms with van der Waals surface area (Å²) in [4.78, 5) is 30.5. The number of H-pyrrole nitrogens is 1. The molecule has 29 heavy (non-hydrogen) atoms. The number of nitrogens with zero attached hydrogens (tertiary/aromatic N) is 3. The number of hydrogen-bond acceptors (Lipinski definition) is 6. The molecule has 1 aromatic heterocycles. The van der Waals surface area contributed by atoms with Gasteiger partial charge in [-0.1, -0.05) is 49.6 Å². The van der Waals surface area contributed by atoms with Gasteiger partial charge in [-0.15, -0.1) is 5.10 Å². The first-order chi connectivity index (χ1) is 14.1. The average molecular weight is 416 g/mol. The zero-order chi connectivity index (χ0) is 20.2. The molecule has 2 aliphatic rings. The highest BCUT2D eigenvalue weighted by Gasteiger charge is 2.32. The summed E-state index contributed by atoms with van der Waals surface area (Å²) in [5, 5.41) is 7.77. The number of aromatic nitrogens is 3. The predicted molar refractivity (Wildman–Crippen MR) is 110 cm³/mol. The minimum absolute atomic E-state index is 0.104. The number of rotatable bonds is 7. The molecule has 154 valence electrons. The summed E-state index contributed by atoms with van der Waals surface area (Å²) < 4.78 is 5.60. The molecule has 0 spiro atoms. The molecule has 1 aliphatic carbocycles. The number of thioether (sulfide) groups is 1. The standard InChI is InChI=1S/C20H25N5O3S/c21-19(27)16-11-25(14-7-3-4-8-15(14)28-16)18(26)12-29-20-22-17(23-24-20)10-9-13-5-1-2-6-13/h3-4,7-8,13,16H,1-2,5-6,9-12H2,(H2,21,27)(H,22,23,24). The van der Waals surface area contributed by atoms with Crippen LogP contribution in [0.2, 0.25) is 0 Å². The van der Waals surface area contributed by atoms with Crippen LogP contribution in [0.25, 0.3) is 0 Å². The highest BCUT2D eigenvalue weighted by Crippen LogP contribution is 2.33. The maximum Gasteiger partial charge on any atom is 0.260 e. The van der Waals surface area contributed by atoms with E-state index in [1.54, 1.807) is 23.1 Å². The summed E-state index contributed by atoms with van der Waals surface area (Å²) in [6.07, 6.45) is 6.48. The monoisotopic (exact) mass is 415 g/mol. The van der Waals surface area contributed by atoms with Crippen LogP contribution in [-0.4, -0.2) is 45.4 Å². The third-order valence-electron chi connectivity index (χ3n) is 5.49. The van der Waals surface area contributed by atoms with Crippen molar-refractivity contribution in [3.8, 4) is 5.75 Å². The lowest BCUT2D eigenvalue weighted by Gasteiger charge is -2.33. The summed E-state index contributed by atoms with van der Waals surface area (Å²) in [7, 11) is 0. The van der Waals surface area contributed by atoms with Gasteiger partial charge in [-0.2, -0.15) is 0 Å². The topological polar surface area (TPSA) is 114 Å². The maximum absolute atomic E-state index is 12.8. The number of aryl methyl sites for hydroxylation is 1. The highest BCUT2D eigenvalue weighted by atomic mass is 32.2. The largest absolute Gasteiger partial charge is 0.477 e. The third kappa shape index (κ3) is 4.72. The second-order valence-corrected chi connectivity index (χ2v) is 8.47. The van der Waals surface area contributed by atoms with Crippen molar-refractivity contribution in [2.45, 2.75) is 49.8 Å². The van der Waals surface area contributed by atoms with E-state index in [-0.39, 0.29) is 18.2 Å². The molecule has 2 amide bonds. The quantitative estimate of drug-likeness (QED) is 0.671. The number of para-hydroxylation sites is 2. The first-order valence-corrected chi connectivity index (χ1v) is 11.0. The van der Waals surface area contributed by atoms with Crippen LogP contribution in [0.15, 0.2) is 29.4 Å². The fourth-order valence-electron chi connectivity index (χ4n) is 3.92. The Labute approximate surface area is 173 Å². The van der Waals surface area contributed by atoms with Gasteiger partial charge in [0.15, 0.2) is 6.10 Å². The Morgan fingerprint density at radius 2 is 2.07 bits per heavy atom. The number of amides is 2. The number of fused-ring (bicyclic) bond motifs is 1. The Morgan fingerprint density at radius 3 is 2.86 bits per heavy atom. The Kier molecular flexibility index (Phi) is 6.03. The molecule has 1 aliphatic heterocycles. The molecule has 1 saturated carbocycles. The van der Waals surface area contributed by atoms with Gasteiger partial charge in [-0.25, -0.2) is 4.98 Å². The molecule has 0 saturated heterocycles. The summed E-state index contributed by atoms with van der Waals surface area (Å²) in [5.41, 5.74) is 6.04. The molecular weight excluding hydrogens is 390 g/mol. The van der Waals surface area contributed by atoms with Crippen LogP contribution in [0.3, 0.4) is 0 Å². The summed E-state index contributed by atoms with van der Waals surface area (Å²) >= 11 is 1.28. The fourth-order valence-corrected chi connectivity index (χ4v) is 4.61. The van der Waals surface area contributed by atoms with Crippen LogP contribution in [0.4, 0.5) is 5.69 Å². The lowest BCUT2D eigenvalue weighted by molar-refractivity contribution is -0.125. The minimum atomic E-state index is -0.857. The molecule has 0 radical (unpaired) electrons. The van der Waals surface area contributed by atoms with Crippen molar-refractivity contribution in [2.75, 3.05) is 17.2 Å². The average Bonchev–Trinajstić information content (AvgIpc) is 3.41. The molecule has 0 bridgehead atoms. The number of anilines is 1. The number of carbonyl (C=O) groups excluding carboxylic acids is 2. The predicted octanol–water partition coefficient (Wildman–Crippen LogP) is 2.30. The van der Waals surface area contributed by atoms with Gasteiger partial charge in [-0.3, -0.25) is 14.7 Å². The Balaban J connectivity index is 1.35. The summed E-state index contributed by atoms with van der Waals surface area (Å²) in [6, 6.07) is 7.14. The zero-order valence-corrected chi connectivity index (χ0v) is 17.0. The van der Waals surface area contributed by atoms with Crippen LogP contribution in [0.1, 0.15) is 37.9 Å². The van der Waals surface area contributed by atoms with Crippen LogP contribution in [0, 0.1) is 5.92 Å². The van der Waals surface area contributed by atoms with Crippen molar-refractivity contribution >= 4 is 29.3 Å².